The van der Waals surface area contributed by atoms with E-state index in [9.17, 15) is 9.90 Å². The molecule has 0 fully saturated rings. The summed E-state index contributed by atoms with van der Waals surface area (Å²) in [5.74, 6) is 1.49. The van der Waals surface area contributed by atoms with Gasteiger partial charge in [0.05, 0.1) is 6.61 Å². The summed E-state index contributed by atoms with van der Waals surface area (Å²) >= 11 is 0. The summed E-state index contributed by atoms with van der Waals surface area (Å²) in [6.07, 6.45) is 2.23. The van der Waals surface area contributed by atoms with Gasteiger partial charge in [0.25, 0.3) is 0 Å². The maximum Gasteiger partial charge on any atom is 0.320 e. The van der Waals surface area contributed by atoms with Gasteiger partial charge in [0, 0.05) is 30.8 Å². The molecule has 0 amide bonds. The largest absolute Gasteiger partial charge is 0.493 e. The van der Waals surface area contributed by atoms with Gasteiger partial charge in [-0.05, 0) is 68.0 Å². The zero-order valence-corrected chi connectivity index (χ0v) is 25.6. The summed E-state index contributed by atoms with van der Waals surface area (Å²) in [6.45, 7) is 7.31. The Morgan fingerprint density at radius 2 is 1.52 bits per heavy atom. The maximum atomic E-state index is 11.6. The van der Waals surface area contributed by atoms with Gasteiger partial charge in [0.1, 0.15) is 36.5 Å². The van der Waals surface area contributed by atoms with E-state index in [0.717, 1.165) is 57.9 Å². The van der Waals surface area contributed by atoms with Crippen molar-refractivity contribution < 1.29 is 24.1 Å². The molecule has 230 valence electrons. The molecule has 7 heteroatoms. The fraction of sp³-hybridized carbons (Fsp3) is 0.324. The average molecular weight is 595 g/mol. The van der Waals surface area contributed by atoms with E-state index >= 15 is 0 Å². The van der Waals surface area contributed by atoms with Gasteiger partial charge in [-0.25, -0.2) is 0 Å². The summed E-state index contributed by atoms with van der Waals surface area (Å²) in [4.78, 5) is 13.8. The van der Waals surface area contributed by atoms with Crippen LogP contribution in [0.3, 0.4) is 0 Å². The predicted octanol–water partition coefficient (Wildman–Crippen LogP) is 6.59. The van der Waals surface area contributed by atoms with Gasteiger partial charge < -0.3 is 25.1 Å². The Morgan fingerprint density at radius 1 is 0.864 bits per heavy atom. The first-order chi connectivity index (χ1) is 21.3. The average Bonchev–Trinajstić information content (AvgIpc) is 3.02. The van der Waals surface area contributed by atoms with Gasteiger partial charge in [-0.2, -0.15) is 0 Å². The summed E-state index contributed by atoms with van der Waals surface area (Å²) in [7, 11) is 0. The van der Waals surface area contributed by atoms with Gasteiger partial charge in [-0.15, -0.1) is 0 Å². The number of nitrogens with two attached hydrogens (primary N) is 1. The second kappa shape index (κ2) is 14.9. The van der Waals surface area contributed by atoms with E-state index in [1.807, 2.05) is 30.3 Å². The molecule has 7 nitrogen and oxygen atoms in total. The molecule has 1 atom stereocenters. The number of aliphatic carboxylic acids is 1. The van der Waals surface area contributed by atoms with E-state index in [2.05, 4.69) is 73.3 Å². The molecule has 0 saturated heterocycles. The molecular formula is C37H42N2O5. The molecule has 44 heavy (non-hydrogen) atoms. The SMILES string of the molecule is Cc1cccc(COc2ccccc2CN(CC[C@H](N)C(=O)O)Cc2cc3c(cc2OCc2cccc(C)c2)CCCO3)c1. The molecule has 0 unspecified atom stereocenters. The zero-order chi connectivity index (χ0) is 30.9. The van der Waals surface area contributed by atoms with Crippen LogP contribution < -0.4 is 19.9 Å². The molecule has 0 spiro atoms. The molecule has 0 bridgehead atoms. The van der Waals surface area contributed by atoms with Crippen molar-refractivity contribution in [1.82, 2.24) is 4.90 Å². The van der Waals surface area contributed by atoms with Crippen molar-refractivity contribution in [3.05, 3.63) is 124 Å². The Balaban J connectivity index is 1.40. The monoisotopic (exact) mass is 594 g/mol. The van der Waals surface area contributed by atoms with Crippen LogP contribution in [0.25, 0.3) is 0 Å². The summed E-state index contributed by atoms with van der Waals surface area (Å²) in [5.41, 5.74) is 13.7. The van der Waals surface area contributed by atoms with Gasteiger partial charge in [-0.3, -0.25) is 9.69 Å². The molecule has 4 aromatic carbocycles. The third kappa shape index (κ3) is 8.62. The van der Waals surface area contributed by atoms with Gasteiger partial charge in [-0.1, -0.05) is 77.9 Å². The van der Waals surface area contributed by atoms with Crippen molar-refractivity contribution in [2.75, 3.05) is 13.2 Å². The smallest absolute Gasteiger partial charge is 0.320 e. The van der Waals surface area contributed by atoms with Crippen molar-refractivity contribution in [2.24, 2.45) is 5.73 Å². The van der Waals surface area contributed by atoms with Crippen LogP contribution in [-0.4, -0.2) is 35.2 Å². The first-order valence-electron chi connectivity index (χ1n) is 15.3. The number of carboxylic acids is 1. The van der Waals surface area contributed by atoms with Gasteiger partial charge in [0.15, 0.2) is 0 Å². The highest BCUT2D eigenvalue weighted by atomic mass is 16.5. The maximum absolute atomic E-state index is 11.6. The summed E-state index contributed by atoms with van der Waals surface area (Å²) in [5, 5.41) is 9.49. The van der Waals surface area contributed by atoms with Crippen LogP contribution in [0.5, 0.6) is 17.2 Å². The second-order valence-electron chi connectivity index (χ2n) is 11.6. The standard InChI is InChI=1S/C37H42N2O5/c1-26-8-5-10-28(18-26)24-43-34-14-4-3-12-31(34)22-39(16-15-33(38)37(40)41)23-32-21-35-30(13-7-17-42-35)20-36(32)44-25-29-11-6-9-27(2)19-29/h3-6,8-12,14,18-21,33H,7,13,15-17,22-25,38H2,1-2H3,(H,40,41)/t33-/m0/s1. The Bertz CT molecular complexity index is 1570. The summed E-state index contributed by atoms with van der Waals surface area (Å²) < 4.78 is 18.8. The Hall–Kier alpha value is -4.33. The number of carboxylic acid groups (broad SMARTS) is 1. The van der Waals surface area contributed by atoms with E-state index in [0.29, 0.717) is 45.9 Å². The molecule has 0 saturated carbocycles. The highest BCUT2D eigenvalue weighted by Crippen LogP contribution is 2.34. The molecule has 5 rings (SSSR count). The van der Waals surface area contributed by atoms with Crippen LogP contribution >= 0.6 is 0 Å². The quantitative estimate of drug-likeness (QED) is 0.170. The molecule has 1 heterocycles. The van der Waals surface area contributed by atoms with E-state index in [1.165, 1.54) is 11.1 Å². The third-order valence-corrected chi connectivity index (χ3v) is 7.88. The van der Waals surface area contributed by atoms with Crippen LogP contribution in [0.2, 0.25) is 0 Å². The first kappa shape index (κ1) is 31.1. The van der Waals surface area contributed by atoms with Gasteiger partial charge >= 0.3 is 5.97 Å². The number of para-hydroxylation sites is 1. The molecule has 0 aliphatic carbocycles. The number of ether oxygens (including phenoxy) is 3. The number of fused-ring (bicyclic) bond motifs is 1. The van der Waals surface area contributed by atoms with Gasteiger partial charge in [0.2, 0.25) is 0 Å². The van der Waals surface area contributed by atoms with Crippen molar-refractivity contribution in [2.45, 2.75) is 65.5 Å². The van der Waals surface area contributed by atoms with Crippen LogP contribution in [0.15, 0.2) is 84.9 Å². The lowest BCUT2D eigenvalue weighted by Crippen LogP contribution is -2.35. The lowest BCUT2D eigenvalue weighted by atomic mass is 10.0. The van der Waals surface area contributed by atoms with Crippen LogP contribution in [0.4, 0.5) is 0 Å². The molecular weight excluding hydrogens is 552 g/mol. The fourth-order valence-electron chi connectivity index (χ4n) is 5.52. The number of rotatable bonds is 14. The van der Waals surface area contributed by atoms with Crippen molar-refractivity contribution in [3.63, 3.8) is 0 Å². The number of nitrogens with zero attached hydrogens (tertiary/aromatic N) is 1. The molecule has 4 aromatic rings. The number of hydrogen-bond donors (Lipinski definition) is 2. The first-order valence-corrected chi connectivity index (χ1v) is 15.3. The van der Waals surface area contributed by atoms with Crippen LogP contribution in [-0.2, 0) is 37.5 Å². The minimum absolute atomic E-state index is 0.308. The van der Waals surface area contributed by atoms with Crippen LogP contribution in [0.1, 0.15) is 51.8 Å². The molecule has 1 aliphatic heterocycles. The van der Waals surface area contributed by atoms with Crippen molar-refractivity contribution in [1.29, 1.82) is 0 Å². The molecule has 3 N–H and O–H groups in total. The number of aryl methyl sites for hydroxylation is 3. The third-order valence-electron chi connectivity index (χ3n) is 7.88. The second-order valence-corrected chi connectivity index (χ2v) is 11.6. The summed E-state index contributed by atoms with van der Waals surface area (Å²) in [6, 6.07) is 27.9. The van der Waals surface area contributed by atoms with E-state index < -0.39 is 12.0 Å². The number of benzene rings is 4. The fourth-order valence-corrected chi connectivity index (χ4v) is 5.52. The highest BCUT2D eigenvalue weighted by molar-refractivity contribution is 5.73. The van der Waals surface area contributed by atoms with Crippen molar-refractivity contribution in [3.8, 4) is 17.2 Å². The van der Waals surface area contributed by atoms with E-state index in [-0.39, 0.29) is 0 Å². The normalized spacial score (nSPS) is 13.2. The van der Waals surface area contributed by atoms with E-state index in [4.69, 9.17) is 19.9 Å². The zero-order valence-electron chi connectivity index (χ0n) is 25.6. The molecule has 0 aromatic heterocycles. The lowest BCUT2D eigenvalue weighted by molar-refractivity contribution is -0.138. The highest BCUT2D eigenvalue weighted by Gasteiger charge is 2.21. The van der Waals surface area contributed by atoms with E-state index in [1.54, 1.807) is 0 Å². The van der Waals surface area contributed by atoms with Crippen LogP contribution in [0, 0.1) is 13.8 Å². The lowest BCUT2D eigenvalue weighted by Gasteiger charge is -2.27. The minimum Gasteiger partial charge on any atom is -0.493 e. The Kier molecular flexibility index (Phi) is 10.5. The molecule has 1 aliphatic rings. The Morgan fingerprint density at radius 3 is 2.20 bits per heavy atom. The Labute approximate surface area is 260 Å². The van der Waals surface area contributed by atoms with Crippen molar-refractivity contribution >= 4 is 5.97 Å². The number of carbonyl (C=O) groups is 1. The number of hydrogen-bond acceptors (Lipinski definition) is 6. The predicted molar refractivity (Wildman–Crippen MR) is 172 cm³/mol. The molecule has 0 radical (unpaired) electrons. The minimum atomic E-state index is -1.00. The topological polar surface area (TPSA) is 94.3 Å².